The fourth-order valence-corrected chi connectivity index (χ4v) is 3.68. The zero-order valence-corrected chi connectivity index (χ0v) is 17.4. The van der Waals surface area contributed by atoms with Gasteiger partial charge >= 0.3 is 0 Å². The lowest BCUT2D eigenvalue weighted by molar-refractivity contribution is 0.255. The lowest BCUT2D eigenvalue weighted by Gasteiger charge is -2.27. The van der Waals surface area contributed by atoms with Crippen molar-refractivity contribution in [2.45, 2.75) is 13.1 Å². The monoisotopic (exact) mass is 402 g/mol. The van der Waals surface area contributed by atoms with Gasteiger partial charge in [-0.05, 0) is 41.5 Å². The van der Waals surface area contributed by atoms with Gasteiger partial charge in [0.25, 0.3) is 0 Å². The van der Waals surface area contributed by atoms with Gasteiger partial charge in [-0.15, -0.1) is 0 Å². The number of hydrogen-bond acceptors (Lipinski definition) is 5. The summed E-state index contributed by atoms with van der Waals surface area (Å²) in [5.41, 5.74) is 4.71. The van der Waals surface area contributed by atoms with Gasteiger partial charge < -0.3 is 14.2 Å². The maximum Gasteiger partial charge on any atom is 0.127 e. The van der Waals surface area contributed by atoms with Crippen LogP contribution in [0.3, 0.4) is 0 Å². The van der Waals surface area contributed by atoms with Crippen LogP contribution >= 0.6 is 0 Å². The highest BCUT2D eigenvalue weighted by Gasteiger charge is 2.17. The van der Waals surface area contributed by atoms with Crippen molar-refractivity contribution in [2.24, 2.45) is 0 Å². The predicted molar refractivity (Wildman–Crippen MR) is 118 cm³/mol. The Hall–Kier alpha value is -3.31. The summed E-state index contributed by atoms with van der Waals surface area (Å²) in [7, 11) is 3.36. The molecule has 0 amide bonds. The maximum absolute atomic E-state index is 5.97. The van der Waals surface area contributed by atoms with Gasteiger partial charge in [-0.3, -0.25) is 9.88 Å². The minimum absolute atomic E-state index is 0.601. The van der Waals surface area contributed by atoms with Gasteiger partial charge in [0, 0.05) is 49.2 Å². The average Bonchev–Trinajstić information content (AvgIpc) is 2.80. The van der Waals surface area contributed by atoms with Crippen molar-refractivity contribution in [2.75, 3.05) is 27.4 Å². The third-order valence-electron chi connectivity index (χ3n) is 5.16. The Morgan fingerprint density at radius 2 is 1.77 bits per heavy atom. The van der Waals surface area contributed by atoms with Gasteiger partial charge in [-0.1, -0.05) is 24.3 Å². The molecule has 154 valence electrons. The van der Waals surface area contributed by atoms with E-state index in [4.69, 9.17) is 14.2 Å². The molecule has 1 aliphatic heterocycles. The van der Waals surface area contributed by atoms with Gasteiger partial charge in [0.2, 0.25) is 0 Å². The van der Waals surface area contributed by atoms with Crippen LogP contribution in [0.2, 0.25) is 0 Å². The van der Waals surface area contributed by atoms with Crippen LogP contribution < -0.4 is 14.2 Å². The first-order valence-electron chi connectivity index (χ1n) is 9.98. The summed E-state index contributed by atoms with van der Waals surface area (Å²) in [6.07, 6.45) is 5.91. The van der Waals surface area contributed by atoms with E-state index in [1.165, 1.54) is 11.1 Å². The molecule has 5 heteroatoms. The number of benzene rings is 2. The number of nitrogens with zero attached hydrogens (tertiary/aromatic N) is 2. The van der Waals surface area contributed by atoms with Crippen molar-refractivity contribution in [3.63, 3.8) is 0 Å². The molecule has 0 atom stereocenters. The molecule has 30 heavy (non-hydrogen) atoms. The van der Waals surface area contributed by atoms with E-state index in [1.807, 2.05) is 42.7 Å². The molecule has 1 aromatic heterocycles. The fraction of sp³-hybridized carbons (Fsp3) is 0.240. The highest BCUT2D eigenvalue weighted by Crippen LogP contribution is 2.29. The summed E-state index contributed by atoms with van der Waals surface area (Å²) in [6.45, 7) is 2.95. The van der Waals surface area contributed by atoms with Crippen molar-refractivity contribution in [1.29, 1.82) is 0 Å². The number of rotatable bonds is 8. The van der Waals surface area contributed by atoms with Crippen LogP contribution in [-0.2, 0) is 13.1 Å². The highest BCUT2D eigenvalue weighted by atomic mass is 16.5. The molecular weight excluding hydrogens is 376 g/mol. The molecule has 5 nitrogen and oxygen atoms in total. The molecule has 0 bridgehead atoms. The van der Waals surface area contributed by atoms with Crippen LogP contribution in [0.4, 0.5) is 0 Å². The predicted octanol–water partition coefficient (Wildman–Crippen LogP) is 4.58. The van der Waals surface area contributed by atoms with Gasteiger partial charge in [-0.25, -0.2) is 0 Å². The molecule has 0 spiro atoms. The molecule has 3 aromatic rings. The Balaban J connectivity index is 1.58. The van der Waals surface area contributed by atoms with Crippen LogP contribution in [0, 0.1) is 0 Å². The number of pyridine rings is 1. The average molecular weight is 402 g/mol. The SMILES string of the molecule is COc1ccc(CN(CC2=Cc3ccccc3OC2)Cc2ccncc2)c(OC)c1. The smallest absolute Gasteiger partial charge is 0.127 e. The van der Waals surface area contributed by atoms with E-state index < -0.39 is 0 Å². The molecule has 0 radical (unpaired) electrons. The third kappa shape index (κ3) is 4.81. The molecule has 0 saturated carbocycles. The van der Waals surface area contributed by atoms with E-state index in [0.29, 0.717) is 6.61 Å². The summed E-state index contributed by atoms with van der Waals surface area (Å²) in [5.74, 6) is 2.56. The van der Waals surface area contributed by atoms with E-state index in [0.717, 1.165) is 48.0 Å². The quantitative estimate of drug-likeness (QED) is 0.552. The van der Waals surface area contributed by atoms with Crippen molar-refractivity contribution in [1.82, 2.24) is 9.88 Å². The number of hydrogen-bond donors (Lipinski definition) is 0. The standard InChI is InChI=1S/C25H26N2O3/c1-28-23-8-7-22(25(14-23)29-2)17-27(15-19-9-11-26-12-10-19)16-20-13-21-5-3-4-6-24(21)30-18-20/h3-14H,15-18H2,1-2H3. The van der Waals surface area contributed by atoms with Crippen molar-refractivity contribution in [3.05, 3.63) is 89.3 Å². The molecule has 2 heterocycles. The first-order chi connectivity index (χ1) is 14.7. The Kier molecular flexibility index (Phi) is 6.30. The molecule has 0 saturated heterocycles. The van der Waals surface area contributed by atoms with Crippen LogP contribution in [0.15, 0.2) is 72.6 Å². The van der Waals surface area contributed by atoms with E-state index in [2.05, 4.69) is 40.2 Å². The Labute approximate surface area is 177 Å². The zero-order chi connectivity index (χ0) is 20.8. The maximum atomic E-state index is 5.97. The number of para-hydroxylation sites is 1. The molecular formula is C25H26N2O3. The minimum atomic E-state index is 0.601. The number of aromatic nitrogens is 1. The van der Waals surface area contributed by atoms with Gasteiger partial charge in [0.05, 0.1) is 14.2 Å². The minimum Gasteiger partial charge on any atom is -0.497 e. The first kappa shape index (κ1) is 20.0. The number of ether oxygens (including phenoxy) is 3. The van der Waals surface area contributed by atoms with Crippen molar-refractivity contribution in [3.8, 4) is 17.2 Å². The van der Waals surface area contributed by atoms with Gasteiger partial charge in [-0.2, -0.15) is 0 Å². The Bertz CT molecular complexity index is 1020. The first-order valence-corrected chi connectivity index (χ1v) is 9.98. The summed E-state index contributed by atoms with van der Waals surface area (Å²) < 4.78 is 16.9. The van der Waals surface area contributed by atoms with Gasteiger partial charge in [0.15, 0.2) is 0 Å². The number of fused-ring (bicyclic) bond motifs is 1. The van der Waals surface area contributed by atoms with Crippen LogP contribution in [-0.4, -0.2) is 37.3 Å². The molecule has 2 aromatic carbocycles. The molecule has 0 fully saturated rings. The lowest BCUT2D eigenvalue weighted by Crippen LogP contribution is -2.28. The van der Waals surface area contributed by atoms with Crippen molar-refractivity contribution >= 4 is 6.08 Å². The van der Waals surface area contributed by atoms with E-state index in [1.54, 1.807) is 14.2 Å². The van der Waals surface area contributed by atoms with Crippen LogP contribution in [0.1, 0.15) is 16.7 Å². The highest BCUT2D eigenvalue weighted by molar-refractivity contribution is 5.62. The summed E-state index contributed by atoms with van der Waals surface area (Å²) in [5, 5.41) is 0. The van der Waals surface area contributed by atoms with Gasteiger partial charge in [0.1, 0.15) is 23.9 Å². The molecule has 0 unspecified atom stereocenters. The Morgan fingerprint density at radius 3 is 2.57 bits per heavy atom. The Morgan fingerprint density at radius 1 is 0.933 bits per heavy atom. The molecule has 4 rings (SSSR count). The summed E-state index contributed by atoms with van der Waals surface area (Å²) in [4.78, 5) is 6.53. The topological polar surface area (TPSA) is 43.8 Å². The second kappa shape index (κ2) is 9.46. The largest absolute Gasteiger partial charge is 0.497 e. The second-order valence-electron chi connectivity index (χ2n) is 7.31. The van der Waals surface area contributed by atoms with E-state index >= 15 is 0 Å². The number of methoxy groups -OCH3 is 2. The van der Waals surface area contributed by atoms with Crippen LogP contribution in [0.25, 0.3) is 6.08 Å². The molecule has 0 aliphatic carbocycles. The van der Waals surface area contributed by atoms with E-state index in [9.17, 15) is 0 Å². The van der Waals surface area contributed by atoms with Crippen LogP contribution in [0.5, 0.6) is 17.2 Å². The summed E-state index contributed by atoms with van der Waals surface area (Å²) in [6, 6.07) is 18.2. The lowest BCUT2D eigenvalue weighted by atomic mass is 10.1. The third-order valence-corrected chi connectivity index (χ3v) is 5.16. The normalized spacial score (nSPS) is 12.7. The fourth-order valence-electron chi connectivity index (χ4n) is 3.68. The zero-order valence-electron chi connectivity index (χ0n) is 17.4. The van der Waals surface area contributed by atoms with Crippen molar-refractivity contribution < 1.29 is 14.2 Å². The summed E-state index contributed by atoms with van der Waals surface area (Å²) >= 11 is 0. The van der Waals surface area contributed by atoms with E-state index in [-0.39, 0.29) is 0 Å². The molecule has 0 N–H and O–H groups in total. The second-order valence-corrected chi connectivity index (χ2v) is 7.31. The molecule has 1 aliphatic rings.